The Hall–Kier alpha value is -7.10. The maximum atomic E-state index is 5.38. The molecule has 0 saturated heterocycles. The second kappa shape index (κ2) is 11.0. The number of benzene rings is 8. The number of hydrogen-bond donors (Lipinski definition) is 0. The van der Waals surface area contributed by atoms with Crippen LogP contribution in [-0.2, 0) is 5.41 Å². The number of para-hydroxylation sites is 3. The topological polar surface area (TPSA) is 30.7 Å². The molecule has 0 unspecified atom stereocenters. The molecule has 0 saturated carbocycles. The van der Waals surface area contributed by atoms with E-state index >= 15 is 0 Å². The molecule has 54 heavy (non-hydrogen) atoms. The summed E-state index contributed by atoms with van der Waals surface area (Å²) >= 11 is 0. The number of fused-ring (bicyclic) bond motifs is 13. The molecule has 3 heteroatoms. The normalized spacial score (nSPS) is 13.3. The molecule has 1 aliphatic carbocycles. The van der Waals surface area contributed by atoms with Crippen LogP contribution in [0, 0.1) is 0 Å². The van der Waals surface area contributed by atoms with Crippen LogP contribution in [0.4, 0.5) is 0 Å². The van der Waals surface area contributed by atoms with Gasteiger partial charge in [0.05, 0.1) is 33.3 Å². The molecule has 0 radical (unpaired) electrons. The fourth-order valence-electron chi connectivity index (χ4n) is 9.58. The van der Waals surface area contributed by atoms with Crippen LogP contribution in [0.15, 0.2) is 188 Å². The van der Waals surface area contributed by atoms with E-state index in [9.17, 15) is 0 Å². The van der Waals surface area contributed by atoms with Gasteiger partial charge in [0.25, 0.3) is 0 Å². The summed E-state index contributed by atoms with van der Waals surface area (Å²) in [5.41, 5.74) is 17.3. The molecule has 2 aliphatic rings. The third-order valence-corrected chi connectivity index (χ3v) is 11.8. The quantitative estimate of drug-likeness (QED) is 0.185. The predicted molar refractivity (Wildman–Crippen MR) is 221 cm³/mol. The Labute approximate surface area is 312 Å². The lowest BCUT2D eigenvalue weighted by molar-refractivity contribution is 0.748. The van der Waals surface area contributed by atoms with Crippen LogP contribution in [0.1, 0.15) is 22.3 Å². The monoisotopic (exact) mass is 685 g/mol. The summed E-state index contributed by atoms with van der Waals surface area (Å²) in [5, 5.41) is 3.56. The van der Waals surface area contributed by atoms with Crippen molar-refractivity contribution in [1.29, 1.82) is 0 Å². The minimum atomic E-state index is -0.485. The molecule has 3 heterocycles. The van der Waals surface area contributed by atoms with E-state index < -0.39 is 5.41 Å². The molecular formula is C51H31N3. The number of hydrogen-bond acceptors (Lipinski definition) is 2. The highest BCUT2D eigenvalue weighted by atomic mass is 15.0. The summed E-state index contributed by atoms with van der Waals surface area (Å²) in [5.74, 6) is 0.714. The van der Waals surface area contributed by atoms with Crippen molar-refractivity contribution in [2.24, 2.45) is 0 Å². The summed E-state index contributed by atoms with van der Waals surface area (Å²) in [7, 11) is 0. The van der Waals surface area contributed by atoms with Gasteiger partial charge in [-0.1, -0.05) is 170 Å². The Balaban J connectivity index is 1.14. The molecule has 10 aromatic rings. The molecule has 0 fully saturated rings. The molecule has 3 nitrogen and oxygen atoms in total. The van der Waals surface area contributed by atoms with Gasteiger partial charge in [0.1, 0.15) is 0 Å². The number of rotatable bonds is 3. The first-order valence-corrected chi connectivity index (χ1v) is 18.6. The van der Waals surface area contributed by atoms with Gasteiger partial charge in [0.2, 0.25) is 0 Å². The Morgan fingerprint density at radius 3 is 1.78 bits per heavy atom. The van der Waals surface area contributed by atoms with Crippen LogP contribution in [0.3, 0.4) is 0 Å². The van der Waals surface area contributed by atoms with Crippen LogP contribution >= 0.6 is 0 Å². The minimum absolute atomic E-state index is 0.485. The first-order valence-electron chi connectivity index (χ1n) is 18.6. The number of nitrogens with zero attached hydrogens (tertiary/aromatic N) is 3. The van der Waals surface area contributed by atoms with Gasteiger partial charge in [-0.05, 0) is 62.7 Å². The first kappa shape index (κ1) is 29.5. The molecular weight excluding hydrogens is 655 g/mol. The zero-order valence-electron chi connectivity index (χ0n) is 29.2. The summed E-state index contributed by atoms with van der Waals surface area (Å²) in [6, 6.07) is 68.3. The van der Waals surface area contributed by atoms with E-state index in [0.717, 1.165) is 33.4 Å². The van der Waals surface area contributed by atoms with Crippen molar-refractivity contribution in [3.8, 4) is 50.6 Å². The summed E-state index contributed by atoms with van der Waals surface area (Å²) in [6.07, 6.45) is 0. The van der Waals surface area contributed by atoms with E-state index in [2.05, 4.69) is 193 Å². The summed E-state index contributed by atoms with van der Waals surface area (Å²) < 4.78 is 2.50. The molecule has 0 N–H and O–H groups in total. The van der Waals surface area contributed by atoms with Crippen molar-refractivity contribution in [3.05, 3.63) is 210 Å². The van der Waals surface area contributed by atoms with Gasteiger partial charge in [0.15, 0.2) is 5.82 Å². The molecule has 1 aliphatic heterocycles. The van der Waals surface area contributed by atoms with Gasteiger partial charge in [-0.3, -0.25) is 0 Å². The maximum absolute atomic E-state index is 5.38. The Morgan fingerprint density at radius 1 is 0.389 bits per heavy atom. The van der Waals surface area contributed by atoms with E-state index in [-0.39, 0.29) is 0 Å². The largest absolute Gasteiger partial charge is 0.309 e. The molecule has 0 bridgehead atoms. The smallest absolute Gasteiger partial charge is 0.160 e. The molecule has 0 amide bonds. The second-order valence-corrected chi connectivity index (χ2v) is 14.5. The second-order valence-electron chi connectivity index (χ2n) is 14.5. The third kappa shape index (κ3) is 3.85. The van der Waals surface area contributed by atoms with E-state index in [1.165, 1.54) is 66.3 Å². The molecule has 2 aromatic heterocycles. The van der Waals surface area contributed by atoms with Gasteiger partial charge >= 0.3 is 0 Å². The molecule has 1 spiro atoms. The van der Waals surface area contributed by atoms with Gasteiger partial charge in [0, 0.05) is 27.3 Å². The van der Waals surface area contributed by atoms with Crippen molar-refractivity contribution < 1.29 is 0 Å². The van der Waals surface area contributed by atoms with Crippen LogP contribution < -0.4 is 0 Å². The lowest BCUT2D eigenvalue weighted by Crippen LogP contribution is -2.33. The van der Waals surface area contributed by atoms with E-state index in [0.29, 0.717) is 5.82 Å². The highest BCUT2D eigenvalue weighted by molar-refractivity contribution is 6.13. The zero-order chi connectivity index (χ0) is 35.4. The summed E-state index contributed by atoms with van der Waals surface area (Å²) in [4.78, 5) is 10.6. The Kier molecular flexibility index (Phi) is 5.98. The molecule has 12 rings (SSSR count). The standard InChI is InChI=1S/C51H31N3/c1-2-13-32(14-3-1)33-25-27-34(28-26-33)48-40-18-6-10-23-45(40)52-50(53-48)35-29-30-43-47(31-35)54-46-24-11-7-17-38(46)39-19-12-22-44(49(39)54)51(43)41-20-8-4-15-36(41)37-16-5-9-21-42(37)51/h1-31H. The average Bonchev–Trinajstić information content (AvgIpc) is 3.74. The van der Waals surface area contributed by atoms with Crippen LogP contribution in [0.2, 0.25) is 0 Å². The van der Waals surface area contributed by atoms with Crippen LogP contribution in [0.5, 0.6) is 0 Å². The number of aromatic nitrogens is 3. The lowest BCUT2D eigenvalue weighted by atomic mass is 9.65. The van der Waals surface area contributed by atoms with Crippen molar-refractivity contribution in [3.63, 3.8) is 0 Å². The predicted octanol–water partition coefficient (Wildman–Crippen LogP) is 12.4. The van der Waals surface area contributed by atoms with E-state index in [4.69, 9.17) is 9.97 Å². The molecule has 250 valence electrons. The van der Waals surface area contributed by atoms with Crippen LogP contribution in [0.25, 0.3) is 83.3 Å². The van der Waals surface area contributed by atoms with Crippen molar-refractivity contribution in [2.45, 2.75) is 5.41 Å². The van der Waals surface area contributed by atoms with E-state index in [1.807, 2.05) is 0 Å². The fraction of sp³-hybridized carbons (Fsp3) is 0.0196. The minimum Gasteiger partial charge on any atom is -0.309 e. The first-order chi connectivity index (χ1) is 26.8. The molecule has 8 aromatic carbocycles. The van der Waals surface area contributed by atoms with Gasteiger partial charge in [-0.2, -0.15) is 0 Å². The van der Waals surface area contributed by atoms with Gasteiger partial charge < -0.3 is 4.57 Å². The Morgan fingerprint density at radius 2 is 0.981 bits per heavy atom. The third-order valence-electron chi connectivity index (χ3n) is 11.8. The van der Waals surface area contributed by atoms with Crippen molar-refractivity contribution >= 4 is 32.7 Å². The average molecular weight is 686 g/mol. The fourth-order valence-corrected chi connectivity index (χ4v) is 9.58. The molecule has 0 atom stereocenters. The maximum Gasteiger partial charge on any atom is 0.160 e. The van der Waals surface area contributed by atoms with Crippen molar-refractivity contribution in [2.75, 3.05) is 0 Å². The van der Waals surface area contributed by atoms with Gasteiger partial charge in [-0.15, -0.1) is 0 Å². The Bertz CT molecular complexity index is 3110. The SMILES string of the molecule is c1ccc(-c2ccc(-c3nc(-c4ccc5c(c4)-n4c6ccccc6c6cccc(c64)C54c5ccccc5-c5ccccc54)nc4ccccc34)cc2)cc1. The highest BCUT2D eigenvalue weighted by Crippen LogP contribution is 2.61. The van der Waals surface area contributed by atoms with Gasteiger partial charge in [-0.25, -0.2) is 9.97 Å². The highest BCUT2D eigenvalue weighted by Gasteiger charge is 2.50. The summed E-state index contributed by atoms with van der Waals surface area (Å²) in [6.45, 7) is 0. The van der Waals surface area contributed by atoms with E-state index in [1.54, 1.807) is 0 Å². The van der Waals surface area contributed by atoms with Crippen molar-refractivity contribution in [1.82, 2.24) is 14.5 Å². The lowest BCUT2D eigenvalue weighted by Gasteiger charge is -2.39. The zero-order valence-corrected chi connectivity index (χ0v) is 29.2. The van der Waals surface area contributed by atoms with Crippen LogP contribution in [-0.4, -0.2) is 14.5 Å².